The molecule has 0 aromatic heterocycles. The van der Waals surface area contributed by atoms with Crippen LogP contribution in [0.4, 0.5) is 4.39 Å². The van der Waals surface area contributed by atoms with Crippen LogP contribution >= 0.6 is 0 Å². The van der Waals surface area contributed by atoms with Crippen LogP contribution in [0, 0.1) is 5.41 Å². The predicted octanol–water partition coefficient (Wildman–Crippen LogP) is 1.82. The highest BCUT2D eigenvalue weighted by atomic mass is 19.1. The standard InChI is InChI=1S/C7H12FN/c1-5-6(8)7(2,3)4-9-5/h9H,4H2,1-3H3. The molecule has 9 heavy (non-hydrogen) atoms. The molecule has 1 nitrogen and oxygen atoms in total. The summed E-state index contributed by atoms with van der Waals surface area (Å²) < 4.78 is 12.9. The first-order chi connectivity index (χ1) is 4.04. The van der Waals surface area contributed by atoms with Gasteiger partial charge < -0.3 is 5.32 Å². The lowest BCUT2D eigenvalue weighted by atomic mass is 9.94. The van der Waals surface area contributed by atoms with E-state index in [1.165, 1.54) is 0 Å². The lowest BCUT2D eigenvalue weighted by Crippen LogP contribution is -2.18. The fraction of sp³-hybridized carbons (Fsp3) is 0.714. The summed E-state index contributed by atoms with van der Waals surface area (Å²) in [5.41, 5.74) is 0.421. The second-order valence-corrected chi connectivity index (χ2v) is 3.18. The molecule has 0 unspecified atom stereocenters. The maximum absolute atomic E-state index is 12.9. The van der Waals surface area contributed by atoms with Crippen LogP contribution in [-0.4, -0.2) is 6.54 Å². The van der Waals surface area contributed by atoms with E-state index in [0.29, 0.717) is 5.70 Å². The third kappa shape index (κ3) is 0.934. The number of allylic oxidation sites excluding steroid dienone is 1. The quantitative estimate of drug-likeness (QED) is 0.526. The van der Waals surface area contributed by atoms with Crippen molar-refractivity contribution in [1.29, 1.82) is 0 Å². The zero-order valence-corrected chi connectivity index (χ0v) is 6.09. The van der Waals surface area contributed by atoms with Gasteiger partial charge in [-0.25, -0.2) is 4.39 Å². The molecule has 0 amide bonds. The molecule has 1 aliphatic heterocycles. The molecule has 0 aliphatic carbocycles. The van der Waals surface area contributed by atoms with Gasteiger partial charge in [0.25, 0.3) is 0 Å². The smallest absolute Gasteiger partial charge is 0.126 e. The second kappa shape index (κ2) is 1.72. The van der Waals surface area contributed by atoms with Crippen LogP contribution in [-0.2, 0) is 0 Å². The maximum Gasteiger partial charge on any atom is 0.126 e. The predicted molar refractivity (Wildman–Crippen MR) is 35.6 cm³/mol. The summed E-state index contributed by atoms with van der Waals surface area (Å²) in [6, 6.07) is 0. The van der Waals surface area contributed by atoms with Crippen LogP contribution < -0.4 is 5.32 Å². The molecule has 1 heterocycles. The minimum atomic E-state index is -0.274. The van der Waals surface area contributed by atoms with Crippen LogP contribution in [0.15, 0.2) is 11.5 Å². The Balaban J connectivity index is 2.88. The average Bonchev–Trinajstić information content (AvgIpc) is 1.97. The summed E-state index contributed by atoms with van der Waals surface area (Å²) in [5.74, 6) is 0.00231. The van der Waals surface area contributed by atoms with Crippen molar-refractivity contribution in [3.63, 3.8) is 0 Å². The van der Waals surface area contributed by atoms with Crippen molar-refractivity contribution in [2.75, 3.05) is 6.54 Å². The van der Waals surface area contributed by atoms with Gasteiger partial charge in [0.05, 0.1) is 0 Å². The zero-order valence-electron chi connectivity index (χ0n) is 6.09. The molecule has 52 valence electrons. The minimum Gasteiger partial charge on any atom is -0.386 e. The average molecular weight is 129 g/mol. The highest BCUT2D eigenvalue weighted by Crippen LogP contribution is 2.32. The van der Waals surface area contributed by atoms with Gasteiger partial charge in [0.15, 0.2) is 0 Å². The number of hydrogen-bond acceptors (Lipinski definition) is 1. The van der Waals surface area contributed by atoms with E-state index in [4.69, 9.17) is 0 Å². The Morgan fingerprint density at radius 3 is 2.22 bits per heavy atom. The largest absolute Gasteiger partial charge is 0.386 e. The van der Waals surface area contributed by atoms with E-state index in [1.54, 1.807) is 6.92 Å². The van der Waals surface area contributed by atoms with E-state index in [1.807, 2.05) is 13.8 Å². The Morgan fingerprint density at radius 1 is 1.56 bits per heavy atom. The Labute approximate surface area is 54.9 Å². The molecule has 1 rings (SSSR count). The van der Waals surface area contributed by atoms with E-state index >= 15 is 0 Å². The number of nitrogens with one attached hydrogen (secondary N) is 1. The van der Waals surface area contributed by atoms with Crippen LogP contribution in [0.5, 0.6) is 0 Å². The highest BCUT2D eigenvalue weighted by Gasteiger charge is 2.30. The third-order valence-corrected chi connectivity index (χ3v) is 1.72. The van der Waals surface area contributed by atoms with E-state index in [2.05, 4.69) is 5.32 Å². The molecule has 1 aliphatic rings. The molecule has 0 bridgehead atoms. The van der Waals surface area contributed by atoms with E-state index in [9.17, 15) is 4.39 Å². The minimum absolute atomic E-state index is 0.00231. The molecule has 0 spiro atoms. The summed E-state index contributed by atoms with van der Waals surface area (Å²) in [6.07, 6.45) is 0. The van der Waals surface area contributed by atoms with Crippen molar-refractivity contribution >= 4 is 0 Å². The molecule has 0 fully saturated rings. The van der Waals surface area contributed by atoms with Gasteiger partial charge in [-0.3, -0.25) is 0 Å². The van der Waals surface area contributed by atoms with Crippen LogP contribution in [0.3, 0.4) is 0 Å². The Kier molecular flexibility index (Phi) is 1.26. The Hall–Kier alpha value is -0.530. The van der Waals surface area contributed by atoms with Gasteiger partial charge in [-0.05, 0) is 6.92 Å². The molecular formula is C7H12FN. The van der Waals surface area contributed by atoms with Gasteiger partial charge in [-0.1, -0.05) is 13.8 Å². The van der Waals surface area contributed by atoms with Crippen LogP contribution in [0.1, 0.15) is 20.8 Å². The monoisotopic (exact) mass is 129 g/mol. The number of rotatable bonds is 0. The number of halogens is 1. The summed E-state index contributed by atoms with van der Waals surface area (Å²) in [6.45, 7) is 6.28. The molecule has 0 saturated carbocycles. The van der Waals surface area contributed by atoms with Crippen LogP contribution in [0.2, 0.25) is 0 Å². The van der Waals surface area contributed by atoms with Crippen molar-refractivity contribution in [2.24, 2.45) is 5.41 Å². The first-order valence-electron chi connectivity index (χ1n) is 3.15. The summed E-state index contributed by atoms with van der Waals surface area (Å²) in [7, 11) is 0. The second-order valence-electron chi connectivity index (χ2n) is 3.18. The van der Waals surface area contributed by atoms with Crippen LogP contribution in [0.25, 0.3) is 0 Å². The molecule has 0 atom stereocenters. The van der Waals surface area contributed by atoms with Gasteiger partial charge in [0.2, 0.25) is 0 Å². The molecular weight excluding hydrogens is 117 g/mol. The lowest BCUT2D eigenvalue weighted by molar-refractivity contribution is 0.376. The van der Waals surface area contributed by atoms with E-state index in [-0.39, 0.29) is 11.2 Å². The third-order valence-electron chi connectivity index (χ3n) is 1.72. The lowest BCUT2D eigenvalue weighted by Gasteiger charge is -2.13. The van der Waals surface area contributed by atoms with Gasteiger partial charge in [0, 0.05) is 17.7 Å². The Bertz CT molecular complexity index is 158. The summed E-state index contributed by atoms with van der Waals surface area (Å²) in [4.78, 5) is 0. The Morgan fingerprint density at radius 2 is 2.11 bits per heavy atom. The normalized spacial score (nSPS) is 24.4. The SMILES string of the molecule is CC1=C(F)C(C)(C)CN1. The first-order valence-corrected chi connectivity index (χ1v) is 3.15. The number of hydrogen-bond donors (Lipinski definition) is 1. The van der Waals surface area contributed by atoms with Crippen molar-refractivity contribution in [3.05, 3.63) is 11.5 Å². The topological polar surface area (TPSA) is 12.0 Å². The molecule has 0 radical (unpaired) electrons. The van der Waals surface area contributed by atoms with Gasteiger partial charge in [-0.2, -0.15) is 0 Å². The molecule has 0 aromatic rings. The highest BCUT2D eigenvalue weighted by molar-refractivity contribution is 5.18. The van der Waals surface area contributed by atoms with E-state index in [0.717, 1.165) is 6.54 Å². The molecule has 0 aromatic carbocycles. The molecule has 2 heteroatoms. The van der Waals surface area contributed by atoms with Crippen molar-refractivity contribution in [2.45, 2.75) is 20.8 Å². The van der Waals surface area contributed by atoms with Gasteiger partial charge >= 0.3 is 0 Å². The maximum atomic E-state index is 12.9. The fourth-order valence-electron chi connectivity index (χ4n) is 1.02. The fourth-order valence-corrected chi connectivity index (χ4v) is 1.02. The molecule has 0 saturated heterocycles. The van der Waals surface area contributed by atoms with Crippen molar-refractivity contribution in [3.8, 4) is 0 Å². The first kappa shape index (κ1) is 6.59. The summed E-state index contributed by atoms with van der Waals surface area (Å²) >= 11 is 0. The van der Waals surface area contributed by atoms with Gasteiger partial charge in [0.1, 0.15) is 5.83 Å². The molecule has 1 N–H and O–H groups in total. The summed E-state index contributed by atoms with van der Waals surface area (Å²) in [5, 5.41) is 2.96. The van der Waals surface area contributed by atoms with E-state index < -0.39 is 0 Å². The van der Waals surface area contributed by atoms with Crippen molar-refractivity contribution < 1.29 is 4.39 Å². The van der Waals surface area contributed by atoms with Crippen molar-refractivity contribution in [1.82, 2.24) is 5.32 Å². The van der Waals surface area contributed by atoms with Gasteiger partial charge in [-0.15, -0.1) is 0 Å². The zero-order chi connectivity index (χ0) is 7.07.